The number of methoxy groups -OCH3 is 2. The van der Waals surface area contributed by atoms with E-state index < -0.39 is 11.4 Å². The first-order valence-corrected chi connectivity index (χ1v) is 6.25. The normalized spacial score (nSPS) is 11.2. The fourth-order valence-electron chi connectivity index (χ4n) is 1.65. The van der Waals surface area contributed by atoms with Crippen molar-refractivity contribution in [1.29, 1.82) is 0 Å². The van der Waals surface area contributed by atoms with Crippen molar-refractivity contribution in [3.8, 4) is 11.5 Å². The molecule has 0 fully saturated rings. The maximum atomic E-state index is 11.2. The highest BCUT2D eigenvalue weighted by molar-refractivity contribution is 9.10. The lowest BCUT2D eigenvalue weighted by Gasteiger charge is -2.22. The third kappa shape index (κ3) is 2.96. The predicted octanol–water partition coefficient (Wildman–Crippen LogP) is 3.12. The summed E-state index contributed by atoms with van der Waals surface area (Å²) in [6.45, 7) is 3.36. The number of aliphatic carboxylic acids is 1. The van der Waals surface area contributed by atoms with Gasteiger partial charge < -0.3 is 14.6 Å². The number of hydrogen-bond acceptors (Lipinski definition) is 3. The van der Waals surface area contributed by atoms with E-state index >= 15 is 0 Å². The summed E-state index contributed by atoms with van der Waals surface area (Å²) >= 11 is 3.42. The van der Waals surface area contributed by atoms with Gasteiger partial charge in [0.15, 0.2) is 11.5 Å². The molecule has 18 heavy (non-hydrogen) atoms. The predicted molar refractivity (Wildman–Crippen MR) is 72.4 cm³/mol. The van der Waals surface area contributed by atoms with Gasteiger partial charge in [0.05, 0.1) is 19.6 Å². The van der Waals surface area contributed by atoms with Crippen LogP contribution in [0.2, 0.25) is 0 Å². The summed E-state index contributed by atoms with van der Waals surface area (Å²) in [6, 6.07) is 3.61. The van der Waals surface area contributed by atoms with E-state index in [-0.39, 0.29) is 0 Å². The summed E-state index contributed by atoms with van der Waals surface area (Å²) in [5.74, 6) is 0.317. The zero-order chi connectivity index (χ0) is 13.9. The highest BCUT2D eigenvalue weighted by atomic mass is 79.9. The second kappa shape index (κ2) is 5.61. The van der Waals surface area contributed by atoms with Gasteiger partial charge in [0, 0.05) is 10.0 Å². The Balaban J connectivity index is 3.27. The molecule has 0 atom stereocenters. The fourth-order valence-corrected chi connectivity index (χ4v) is 2.10. The van der Waals surface area contributed by atoms with Crippen LogP contribution < -0.4 is 9.47 Å². The molecule has 0 bridgehead atoms. The van der Waals surface area contributed by atoms with Crippen molar-refractivity contribution in [3.05, 3.63) is 22.2 Å². The van der Waals surface area contributed by atoms with Gasteiger partial charge in [-0.3, -0.25) is 4.79 Å². The molecule has 0 amide bonds. The minimum atomic E-state index is -0.873. The lowest BCUT2D eigenvalue weighted by molar-refractivity contribution is -0.146. The highest BCUT2D eigenvalue weighted by Gasteiger charge is 2.30. The van der Waals surface area contributed by atoms with E-state index in [9.17, 15) is 9.90 Å². The van der Waals surface area contributed by atoms with Crippen molar-refractivity contribution in [1.82, 2.24) is 0 Å². The monoisotopic (exact) mass is 316 g/mol. The number of carboxylic acid groups (broad SMARTS) is 1. The Kier molecular flexibility index (Phi) is 4.62. The molecule has 0 heterocycles. The molecule has 0 saturated carbocycles. The van der Waals surface area contributed by atoms with Crippen LogP contribution in [0.25, 0.3) is 0 Å². The summed E-state index contributed by atoms with van der Waals surface area (Å²) in [5, 5.41) is 9.20. The summed E-state index contributed by atoms with van der Waals surface area (Å²) in [5.41, 5.74) is -0.0773. The SMILES string of the molecule is COc1ccc(Br)c(CC(C)(C)C(=O)O)c1OC. The van der Waals surface area contributed by atoms with Gasteiger partial charge in [-0.1, -0.05) is 15.9 Å². The number of halogens is 1. The average Bonchev–Trinajstić information content (AvgIpc) is 2.31. The summed E-state index contributed by atoms with van der Waals surface area (Å²) in [6.07, 6.45) is 0.350. The minimum Gasteiger partial charge on any atom is -0.493 e. The summed E-state index contributed by atoms with van der Waals surface area (Å²) in [7, 11) is 3.10. The average molecular weight is 317 g/mol. The molecule has 1 aromatic carbocycles. The van der Waals surface area contributed by atoms with Crippen molar-refractivity contribution in [2.75, 3.05) is 14.2 Å². The lowest BCUT2D eigenvalue weighted by Crippen LogP contribution is -2.26. The number of carbonyl (C=O) groups is 1. The molecule has 0 aliphatic heterocycles. The van der Waals surface area contributed by atoms with Crippen molar-refractivity contribution in [2.24, 2.45) is 5.41 Å². The number of hydrogen-bond donors (Lipinski definition) is 1. The summed E-state index contributed by atoms with van der Waals surface area (Å²) in [4.78, 5) is 11.2. The Morgan fingerprint density at radius 3 is 2.39 bits per heavy atom. The van der Waals surface area contributed by atoms with Crippen LogP contribution in [0.1, 0.15) is 19.4 Å². The van der Waals surface area contributed by atoms with Gasteiger partial charge in [0.1, 0.15) is 0 Å². The largest absolute Gasteiger partial charge is 0.493 e. The van der Waals surface area contributed by atoms with Crippen LogP contribution in [0.3, 0.4) is 0 Å². The van der Waals surface area contributed by atoms with Gasteiger partial charge in [-0.05, 0) is 32.4 Å². The second-order valence-corrected chi connectivity index (χ2v) is 5.48. The molecule has 4 nitrogen and oxygen atoms in total. The third-order valence-corrected chi connectivity index (χ3v) is 3.53. The molecule has 0 aromatic heterocycles. The zero-order valence-corrected chi connectivity index (χ0v) is 12.5. The van der Waals surface area contributed by atoms with Crippen molar-refractivity contribution < 1.29 is 19.4 Å². The molecule has 0 saturated heterocycles. The van der Waals surface area contributed by atoms with Crippen LogP contribution in [0, 0.1) is 5.41 Å². The van der Waals surface area contributed by atoms with Crippen LogP contribution in [-0.4, -0.2) is 25.3 Å². The highest BCUT2D eigenvalue weighted by Crippen LogP contribution is 2.39. The number of ether oxygens (including phenoxy) is 2. The second-order valence-electron chi connectivity index (χ2n) is 4.63. The first-order chi connectivity index (χ1) is 8.33. The maximum Gasteiger partial charge on any atom is 0.309 e. The van der Waals surface area contributed by atoms with Crippen molar-refractivity contribution in [3.63, 3.8) is 0 Å². The molecule has 0 aliphatic carbocycles. The molecule has 0 spiro atoms. The third-order valence-electron chi connectivity index (χ3n) is 2.79. The maximum absolute atomic E-state index is 11.2. The molecule has 1 rings (SSSR count). The van der Waals surface area contributed by atoms with Crippen molar-refractivity contribution >= 4 is 21.9 Å². The van der Waals surface area contributed by atoms with E-state index in [4.69, 9.17) is 9.47 Å². The molecule has 1 aromatic rings. The Morgan fingerprint density at radius 2 is 1.94 bits per heavy atom. The van der Waals surface area contributed by atoms with E-state index in [0.717, 1.165) is 10.0 Å². The minimum absolute atomic E-state index is 0.350. The zero-order valence-electron chi connectivity index (χ0n) is 10.9. The van der Waals surface area contributed by atoms with Gasteiger partial charge in [0.25, 0.3) is 0 Å². The van der Waals surface area contributed by atoms with Gasteiger partial charge in [0.2, 0.25) is 0 Å². The van der Waals surface area contributed by atoms with Crippen LogP contribution in [0.4, 0.5) is 0 Å². The Hall–Kier alpha value is -1.23. The van der Waals surface area contributed by atoms with E-state index in [0.29, 0.717) is 17.9 Å². The van der Waals surface area contributed by atoms with Crippen LogP contribution in [0.5, 0.6) is 11.5 Å². The van der Waals surface area contributed by atoms with Crippen molar-refractivity contribution in [2.45, 2.75) is 20.3 Å². The van der Waals surface area contributed by atoms with Crippen LogP contribution in [0.15, 0.2) is 16.6 Å². The van der Waals surface area contributed by atoms with E-state index in [1.807, 2.05) is 6.07 Å². The Labute approximate surface area is 115 Å². The van der Waals surface area contributed by atoms with Crippen LogP contribution in [-0.2, 0) is 11.2 Å². The van der Waals surface area contributed by atoms with E-state index in [1.54, 1.807) is 34.1 Å². The molecule has 5 heteroatoms. The van der Waals surface area contributed by atoms with E-state index in [1.165, 1.54) is 0 Å². The number of benzene rings is 1. The molecular weight excluding hydrogens is 300 g/mol. The number of rotatable bonds is 5. The van der Waals surface area contributed by atoms with Gasteiger partial charge >= 0.3 is 5.97 Å². The molecule has 1 N–H and O–H groups in total. The van der Waals surface area contributed by atoms with Gasteiger partial charge in [-0.2, -0.15) is 0 Å². The van der Waals surface area contributed by atoms with Gasteiger partial charge in [-0.15, -0.1) is 0 Å². The Bertz CT molecular complexity index is 455. The summed E-state index contributed by atoms with van der Waals surface area (Å²) < 4.78 is 11.4. The quantitative estimate of drug-likeness (QED) is 0.906. The van der Waals surface area contributed by atoms with E-state index in [2.05, 4.69) is 15.9 Å². The smallest absolute Gasteiger partial charge is 0.309 e. The Morgan fingerprint density at radius 1 is 1.33 bits per heavy atom. The fraction of sp³-hybridized carbons (Fsp3) is 0.462. The van der Waals surface area contributed by atoms with Gasteiger partial charge in [-0.25, -0.2) is 0 Å². The number of carboxylic acids is 1. The molecule has 100 valence electrons. The van der Waals surface area contributed by atoms with Crippen LogP contribution >= 0.6 is 15.9 Å². The standard InChI is InChI=1S/C13H17BrO4/c1-13(2,12(15)16)7-8-9(14)5-6-10(17-3)11(8)18-4/h5-6H,7H2,1-4H3,(H,15,16). The molecular formula is C13H17BrO4. The first-order valence-electron chi connectivity index (χ1n) is 5.46. The first kappa shape index (κ1) is 14.8. The molecule has 0 unspecified atom stereocenters. The lowest BCUT2D eigenvalue weighted by atomic mass is 9.85. The molecule has 0 aliphatic rings. The topological polar surface area (TPSA) is 55.8 Å². The molecule has 0 radical (unpaired) electrons.